The van der Waals surface area contributed by atoms with Gasteiger partial charge in [-0.15, -0.1) is 0 Å². The van der Waals surface area contributed by atoms with E-state index in [9.17, 15) is 29.3 Å². The topological polar surface area (TPSA) is 161 Å². The minimum atomic E-state index is -0.455. The number of benzene rings is 1. The zero-order chi connectivity index (χ0) is 39.6. The van der Waals surface area contributed by atoms with Gasteiger partial charge in [-0.2, -0.15) is 0 Å². The first kappa shape index (κ1) is 46.5. The molecule has 1 aliphatic rings. The summed E-state index contributed by atoms with van der Waals surface area (Å²) in [6.45, 7) is 13.0. The maximum atomic E-state index is 13.2. The number of hydrogen-bond donors (Lipinski definition) is 0. The number of carbonyl (C=O) groups is 4. The van der Waals surface area contributed by atoms with E-state index < -0.39 is 22.9 Å². The second-order valence-electron chi connectivity index (χ2n) is 13.8. The van der Waals surface area contributed by atoms with Crippen LogP contribution in [-0.2, 0) is 44.5 Å². The van der Waals surface area contributed by atoms with Crippen molar-refractivity contribution in [2.75, 3.05) is 98.4 Å². The SMILES string of the molecule is CCCCOC(=O)CN1CCN(CC(=O)OCCCC)CCN(CC(Cc2ccc([N+](=O)[O-])cc2)N(CC(=O)OCCCC)CC(=O)OCCCC)CC1. The van der Waals surface area contributed by atoms with Crippen molar-refractivity contribution in [2.24, 2.45) is 0 Å². The number of nitro benzene ring substituents is 1. The smallest absolute Gasteiger partial charge is 0.320 e. The first-order chi connectivity index (χ1) is 26.1. The molecule has 1 aromatic rings. The molecule has 0 aromatic heterocycles. The van der Waals surface area contributed by atoms with Crippen molar-refractivity contribution in [1.29, 1.82) is 0 Å². The van der Waals surface area contributed by atoms with Crippen LogP contribution in [0.2, 0.25) is 0 Å². The van der Waals surface area contributed by atoms with Gasteiger partial charge in [0.2, 0.25) is 0 Å². The average molecular weight is 764 g/mol. The van der Waals surface area contributed by atoms with Crippen molar-refractivity contribution in [3.05, 3.63) is 39.9 Å². The lowest BCUT2D eigenvalue weighted by molar-refractivity contribution is -0.384. The van der Waals surface area contributed by atoms with Gasteiger partial charge in [-0.25, -0.2) is 0 Å². The van der Waals surface area contributed by atoms with Gasteiger partial charge in [-0.05, 0) is 37.7 Å². The highest BCUT2D eigenvalue weighted by Gasteiger charge is 2.29. The van der Waals surface area contributed by atoms with Crippen molar-refractivity contribution in [3.8, 4) is 0 Å². The standard InChI is InChI=1S/C39H65N5O10/c1-5-9-23-51-36(45)29-41-19-17-40(18-20-42(22-21-41)30-37(46)52-24-10-6-2)28-35(27-33-13-15-34(16-14-33)44(49)50)43(31-38(47)53-25-11-7-3)32-39(48)54-26-12-8-4/h13-16,35H,5-12,17-32H2,1-4H3. The molecule has 1 heterocycles. The maximum Gasteiger partial charge on any atom is 0.320 e. The highest BCUT2D eigenvalue weighted by Crippen LogP contribution is 2.17. The fourth-order valence-corrected chi connectivity index (χ4v) is 5.83. The number of unbranched alkanes of at least 4 members (excludes halogenated alkanes) is 4. The van der Waals surface area contributed by atoms with E-state index in [4.69, 9.17) is 18.9 Å². The Balaban J connectivity index is 2.42. The minimum Gasteiger partial charge on any atom is -0.465 e. The molecule has 1 saturated heterocycles. The van der Waals surface area contributed by atoms with Crippen LogP contribution in [0.5, 0.6) is 0 Å². The zero-order valence-corrected chi connectivity index (χ0v) is 33.2. The van der Waals surface area contributed by atoms with Crippen LogP contribution < -0.4 is 0 Å². The highest BCUT2D eigenvalue weighted by atomic mass is 16.6. The van der Waals surface area contributed by atoms with Gasteiger partial charge >= 0.3 is 23.9 Å². The molecule has 15 heteroatoms. The molecule has 0 bridgehead atoms. The Morgan fingerprint density at radius 1 is 0.630 bits per heavy atom. The Hall–Kier alpha value is -3.66. The van der Waals surface area contributed by atoms with Gasteiger partial charge in [-0.1, -0.05) is 65.5 Å². The molecule has 1 unspecified atom stereocenters. The molecule has 0 aliphatic carbocycles. The van der Waals surface area contributed by atoms with Gasteiger partial charge in [-0.3, -0.25) is 48.9 Å². The van der Waals surface area contributed by atoms with Gasteiger partial charge < -0.3 is 18.9 Å². The number of non-ortho nitro benzene ring substituents is 1. The van der Waals surface area contributed by atoms with Crippen LogP contribution in [0, 0.1) is 10.1 Å². The Morgan fingerprint density at radius 3 is 1.37 bits per heavy atom. The molecule has 1 fully saturated rings. The van der Waals surface area contributed by atoms with Crippen LogP contribution >= 0.6 is 0 Å². The van der Waals surface area contributed by atoms with E-state index in [0.29, 0.717) is 65.4 Å². The Morgan fingerprint density at radius 2 is 1.00 bits per heavy atom. The molecular formula is C39H65N5O10. The number of carbonyl (C=O) groups excluding carboxylic acids is 4. The van der Waals surface area contributed by atoms with E-state index >= 15 is 0 Å². The molecule has 15 nitrogen and oxygen atoms in total. The Labute approximate surface area is 321 Å². The van der Waals surface area contributed by atoms with Crippen LogP contribution in [0.25, 0.3) is 0 Å². The van der Waals surface area contributed by atoms with Crippen LogP contribution in [0.4, 0.5) is 5.69 Å². The third kappa shape index (κ3) is 20.1. The van der Waals surface area contributed by atoms with Crippen molar-refractivity contribution in [2.45, 2.75) is 91.5 Å². The summed E-state index contributed by atoms with van der Waals surface area (Å²) in [4.78, 5) is 70.9. The summed E-state index contributed by atoms with van der Waals surface area (Å²) in [5, 5.41) is 11.4. The molecule has 0 saturated carbocycles. The second kappa shape index (κ2) is 27.9. The van der Waals surface area contributed by atoms with Gasteiger partial charge in [0, 0.05) is 64.0 Å². The Kier molecular flexibility index (Phi) is 24.0. The minimum absolute atomic E-state index is 0.0344. The number of ether oxygens (including phenoxy) is 4. The molecule has 0 spiro atoms. The van der Waals surface area contributed by atoms with E-state index in [0.717, 1.165) is 56.9 Å². The monoisotopic (exact) mass is 763 g/mol. The van der Waals surface area contributed by atoms with E-state index in [1.165, 1.54) is 12.1 Å². The van der Waals surface area contributed by atoms with Crippen molar-refractivity contribution < 1.29 is 43.0 Å². The van der Waals surface area contributed by atoms with Crippen LogP contribution in [-0.4, -0.2) is 153 Å². The first-order valence-electron chi connectivity index (χ1n) is 19.8. The lowest BCUT2D eigenvalue weighted by Gasteiger charge is -2.35. The second-order valence-corrected chi connectivity index (χ2v) is 13.8. The molecule has 0 amide bonds. The third-order valence-corrected chi connectivity index (χ3v) is 9.21. The molecule has 306 valence electrons. The molecule has 54 heavy (non-hydrogen) atoms. The van der Waals surface area contributed by atoms with E-state index in [1.807, 2.05) is 37.5 Å². The normalized spacial score (nSPS) is 15.1. The molecule has 1 atom stereocenters. The van der Waals surface area contributed by atoms with Gasteiger partial charge in [0.15, 0.2) is 0 Å². The van der Waals surface area contributed by atoms with Gasteiger partial charge in [0.05, 0.1) is 57.5 Å². The maximum absolute atomic E-state index is 13.2. The number of nitrogens with zero attached hydrogens (tertiary/aromatic N) is 5. The predicted molar refractivity (Wildman–Crippen MR) is 205 cm³/mol. The van der Waals surface area contributed by atoms with Crippen LogP contribution in [0.3, 0.4) is 0 Å². The molecule has 1 aliphatic heterocycles. The fourth-order valence-electron chi connectivity index (χ4n) is 5.83. The summed E-state index contributed by atoms with van der Waals surface area (Å²) >= 11 is 0. The van der Waals surface area contributed by atoms with Gasteiger partial charge in [0.1, 0.15) is 0 Å². The van der Waals surface area contributed by atoms with Crippen molar-refractivity contribution >= 4 is 29.6 Å². The number of hydrogen-bond acceptors (Lipinski definition) is 14. The molecule has 0 N–H and O–H groups in total. The van der Waals surface area contributed by atoms with Crippen molar-refractivity contribution in [3.63, 3.8) is 0 Å². The fraction of sp³-hybridized carbons (Fsp3) is 0.744. The number of esters is 4. The predicted octanol–water partition coefficient (Wildman–Crippen LogP) is 4.10. The van der Waals surface area contributed by atoms with E-state index in [2.05, 4.69) is 4.90 Å². The summed E-state index contributed by atoms with van der Waals surface area (Å²) in [6, 6.07) is 5.87. The van der Waals surface area contributed by atoms with Gasteiger partial charge in [0.25, 0.3) is 5.69 Å². The molecule has 0 radical (unpaired) electrons. The van der Waals surface area contributed by atoms with E-state index in [-0.39, 0.29) is 57.0 Å². The molecular weight excluding hydrogens is 698 g/mol. The Bertz CT molecular complexity index is 1190. The summed E-state index contributed by atoms with van der Waals surface area (Å²) in [7, 11) is 0. The lowest BCUT2D eigenvalue weighted by atomic mass is 10.0. The summed E-state index contributed by atoms with van der Waals surface area (Å²) in [5.41, 5.74) is 0.763. The highest BCUT2D eigenvalue weighted by molar-refractivity contribution is 5.75. The summed E-state index contributed by atoms with van der Waals surface area (Å²) < 4.78 is 22.0. The lowest BCUT2D eigenvalue weighted by Crippen LogP contribution is -2.51. The molecule has 2 rings (SSSR count). The van der Waals surface area contributed by atoms with Crippen molar-refractivity contribution in [1.82, 2.24) is 19.6 Å². The quantitative estimate of drug-likeness (QED) is 0.0436. The molecule has 1 aromatic carbocycles. The summed E-state index contributed by atoms with van der Waals surface area (Å²) in [6.07, 6.45) is 6.95. The number of rotatable bonds is 26. The third-order valence-electron chi connectivity index (χ3n) is 9.21. The first-order valence-corrected chi connectivity index (χ1v) is 19.8. The average Bonchev–Trinajstić information content (AvgIpc) is 3.22. The largest absolute Gasteiger partial charge is 0.465 e. The van der Waals surface area contributed by atoms with E-state index in [1.54, 1.807) is 17.0 Å². The zero-order valence-electron chi connectivity index (χ0n) is 33.2. The number of nitro groups is 1. The van der Waals surface area contributed by atoms with Crippen LogP contribution in [0.15, 0.2) is 24.3 Å². The summed E-state index contributed by atoms with van der Waals surface area (Å²) in [5.74, 6) is -1.51. The van der Waals surface area contributed by atoms with Crippen LogP contribution in [0.1, 0.15) is 84.6 Å².